The van der Waals surface area contributed by atoms with Crippen molar-refractivity contribution < 1.29 is 9.34 Å². The van der Waals surface area contributed by atoms with Crippen LogP contribution in [0.2, 0.25) is 0 Å². The fraction of sp³-hybridized carbons (Fsp3) is 0.333. The fourth-order valence-electron chi connectivity index (χ4n) is 2.33. The monoisotopic (exact) mass is 274 g/mol. The Labute approximate surface area is 117 Å². The molecule has 2 unspecified atom stereocenters. The number of rotatable bonds is 6. The number of nitrogens with one attached hydrogen (secondary N) is 1. The van der Waals surface area contributed by atoms with Crippen LogP contribution < -0.4 is 5.32 Å². The molecule has 5 nitrogen and oxygen atoms in total. The Balaban J connectivity index is 2.04. The molecule has 0 fully saturated rings. The maximum atomic E-state index is 11.0. The standard InChI is InChI=1S/C15H18N2O3/c1-11(10-13-6-5-9-20-13)16-12(2)14-7-3-4-8-15(14)17(18)19/h3-9,11-12,16H,10H2,1-2H3. The van der Waals surface area contributed by atoms with Crippen LogP contribution in [0, 0.1) is 10.1 Å². The Morgan fingerprint density at radius 2 is 2.00 bits per heavy atom. The van der Waals surface area contributed by atoms with Gasteiger partial charge in [-0.1, -0.05) is 18.2 Å². The molecule has 1 heterocycles. The first-order chi connectivity index (χ1) is 9.58. The SMILES string of the molecule is CC(Cc1ccco1)NC(C)c1ccccc1[N+](=O)[O-]. The molecule has 1 N–H and O–H groups in total. The van der Waals surface area contributed by atoms with Crippen LogP contribution in [0.15, 0.2) is 47.1 Å². The third-order valence-corrected chi connectivity index (χ3v) is 3.22. The van der Waals surface area contributed by atoms with E-state index in [0.29, 0.717) is 5.56 Å². The van der Waals surface area contributed by atoms with Crippen LogP contribution in [0.1, 0.15) is 31.2 Å². The van der Waals surface area contributed by atoms with Gasteiger partial charge in [0.2, 0.25) is 0 Å². The van der Waals surface area contributed by atoms with E-state index in [1.807, 2.05) is 32.0 Å². The molecule has 1 aromatic carbocycles. The van der Waals surface area contributed by atoms with E-state index in [1.165, 1.54) is 6.07 Å². The Morgan fingerprint density at radius 3 is 2.65 bits per heavy atom. The van der Waals surface area contributed by atoms with Gasteiger partial charge < -0.3 is 9.73 Å². The maximum Gasteiger partial charge on any atom is 0.274 e. The van der Waals surface area contributed by atoms with E-state index in [9.17, 15) is 10.1 Å². The second kappa shape index (κ2) is 6.34. The van der Waals surface area contributed by atoms with Crippen molar-refractivity contribution in [3.8, 4) is 0 Å². The molecule has 0 saturated carbocycles. The van der Waals surface area contributed by atoms with Gasteiger partial charge in [0, 0.05) is 30.1 Å². The van der Waals surface area contributed by atoms with Gasteiger partial charge in [0.15, 0.2) is 0 Å². The topological polar surface area (TPSA) is 68.3 Å². The van der Waals surface area contributed by atoms with Crippen molar-refractivity contribution in [2.75, 3.05) is 0 Å². The molecule has 0 amide bonds. The molecule has 20 heavy (non-hydrogen) atoms. The maximum absolute atomic E-state index is 11.0. The zero-order chi connectivity index (χ0) is 14.5. The van der Waals surface area contributed by atoms with Crippen LogP contribution in [0.5, 0.6) is 0 Å². The normalized spacial score (nSPS) is 13.9. The van der Waals surface area contributed by atoms with Crippen LogP contribution in [0.3, 0.4) is 0 Å². The molecule has 0 radical (unpaired) electrons. The first-order valence-electron chi connectivity index (χ1n) is 6.59. The minimum atomic E-state index is -0.343. The number of nitro groups is 1. The van der Waals surface area contributed by atoms with Crippen LogP contribution in [-0.2, 0) is 6.42 Å². The van der Waals surface area contributed by atoms with Crippen molar-refractivity contribution in [2.24, 2.45) is 0 Å². The van der Waals surface area contributed by atoms with Gasteiger partial charge in [0.05, 0.1) is 11.2 Å². The van der Waals surface area contributed by atoms with Crippen molar-refractivity contribution in [3.05, 3.63) is 64.1 Å². The summed E-state index contributed by atoms with van der Waals surface area (Å²) in [5.74, 6) is 0.903. The molecule has 2 aromatic rings. The average molecular weight is 274 g/mol. The van der Waals surface area contributed by atoms with Gasteiger partial charge in [-0.3, -0.25) is 10.1 Å². The van der Waals surface area contributed by atoms with Gasteiger partial charge in [0.25, 0.3) is 5.69 Å². The van der Waals surface area contributed by atoms with E-state index in [1.54, 1.807) is 18.4 Å². The van der Waals surface area contributed by atoms with Gasteiger partial charge in [-0.05, 0) is 26.0 Å². The Hall–Kier alpha value is -2.14. The van der Waals surface area contributed by atoms with E-state index in [4.69, 9.17) is 4.42 Å². The van der Waals surface area contributed by atoms with E-state index >= 15 is 0 Å². The number of nitrogens with zero attached hydrogens (tertiary/aromatic N) is 1. The molecule has 2 rings (SSSR count). The lowest BCUT2D eigenvalue weighted by molar-refractivity contribution is -0.385. The van der Waals surface area contributed by atoms with E-state index < -0.39 is 0 Å². The summed E-state index contributed by atoms with van der Waals surface area (Å²) in [6.07, 6.45) is 2.39. The first kappa shape index (κ1) is 14.3. The molecule has 2 atom stereocenters. The summed E-state index contributed by atoms with van der Waals surface area (Å²) in [7, 11) is 0. The van der Waals surface area contributed by atoms with Crippen LogP contribution >= 0.6 is 0 Å². The van der Waals surface area contributed by atoms with Crippen molar-refractivity contribution >= 4 is 5.69 Å². The first-order valence-corrected chi connectivity index (χ1v) is 6.59. The van der Waals surface area contributed by atoms with Crippen molar-refractivity contribution in [2.45, 2.75) is 32.4 Å². The molecule has 0 bridgehead atoms. The Bertz CT molecular complexity index is 566. The molecule has 5 heteroatoms. The molecular formula is C15H18N2O3. The average Bonchev–Trinajstić information content (AvgIpc) is 2.91. The van der Waals surface area contributed by atoms with Crippen LogP contribution in [0.25, 0.3) is 0 Å². The summed E-state index contributed by atoms with van der Waals surface area (Å²) < 4.78 is 5.31. The second-order valence-corrected chi connectivity index (χ2v) is 4.89. The highest BCUT2D eigenvalue weighted by Crippen LogP contribution is 2.24. The summed E-state index contributed by atoms with van der Waals surface area (Å²) in [4.78, 5) is 10.7. The molecule has 0 aliphatic carbocycles. The van der Waals surface area contributed by atoms with Crippen molar-refractivity contribution in [3.63, 3.8) is 0 Å². The van der Waals surface area contributed by atoms with Crippen LogP contribution in [-0.4, -0.2) is 11.0 Å². The van der Waals surface area contributed by atoms with E-state index in [0.717, 1.165) is 12.2 Å². The highest BCUT2D eigenvalue weighted by Gasteiger charge is 2.19. The molecule has 0 saturated heterocycles. The lowest BCUT2D eigenvalue weighted by Gasteiger charge is -2.19. The zero-order valence-electron chi connectivity index (χ0n) is 11.6. The summed E-state index contributed by atoms with van der Waals surface area (Å²) in [5.41, 5.74) is 0.849. The van der Waals surface area contributed by atoms with Gasteiger partial charge in [-0.15, -0.1) is 0 Å². The van der Waals surface area contributed by atoms with Gasteiger partial charge in [-0.25, -0.2) is 0 Å². The van der Waals surface area contributed by atoms with Gasteiger partial charge in [0.1, 0.15) is 5.76 Å². The minimum absolute atomic E-state index is 0.0958. The number of benzene rings is 1. The third kappa shape index (κ3) is 3.45. The quantitative estimate of drug-likeness (QED) is 0.647. The molecule has 106 valence electrons. The summed E-state index contributed by atoms with van der Waals surface area (Å²) >= 11 is 0. The Morgan fingerprint density at radius 1 is 1.25 bits per heavy atom. The summed E-state index contributed by atoms with van der Waals surface area (Å²) in [6, 6.07) is 10.7. The van der Waals surface area contributed by atoms with Crippen molar-refractivity contribution in [1.82, 2.24) is 5.32 Å². The largest absolute Gasteiger partial charge is 0.469 e. The summed E-state index contributed by atoms with van der Waals surface area (Å²) in [6.45, 7) is 3.97. The fourth-order valence-corrected chi connectivity index (χ4v) is 2.33. The zero-order valence-corrected chi connectivity index (χ0v) is 11.6. The van der Waals surface area contributed by atoms with Gasteiger partial charge in [-0.2, -0.15) is 0 Å². The summed E-state index contributed by atoms with van der Waals surface area (Å²) in [5, 5.41) is 14.4. The number of nitro benzene ring substituents is 1. The third-order valence-electron chi connectivity index (χ3n) is 3.22. The molecule has 0 spiro atoms. The molecule has 0 aliphatic rings. The Kier molecular flexibility index (Phi) is 4.53. The lowest BCUT2D eigenvalue weighted by atomic mass is 10.0. The van der Waals surface area contributed by atoms with E-state index in [2.05, 4.69) is 5.32 Å². The molecular weight excluding hydrogens is 256 g/mol. The van der Waals surface area contributed by atoms with Crippen molar-refractivity contribution in [1.29, 1.82) is 0 Å². The second-order valence-electron chi connectivity index (χ2n) is 4.89. The molecule has 1 aromatic heterocycles. The number of hydrogen-bond donors (Lipinski definition) is 1. The highest BCUT2D eigenvalue weighted by atomic mass is 16.6. The lowest BCUT2D eigenvalue weighted by Crippen LogP contribution is -2.30. The highest BCUT2D eigenvalue weighted by molar-refractivity contribution is 5.41. The van der Waals surface area contributed by atoms with Gasteiger partial charge >= 0.3 is 0 Å². The minimum Gasteiger partial charge on any atom is -0.469 e. The predicted octanol–water partition coefficient (Wildman–Crippen LogP) is 3.47. The number of furan rings is 1. The molecule has 0 aliphatic heterocycles. The smallest absolute Gasteiger partial charge is 0.274 e. The number of hydrogen-bond acceptors (Lipinski definition) is 4. The predicted molar refractivity (Wildman–Crippen MR) is 76.5 cm³/mol. The van der Waals surface area contributed by atoms with Crippen LogP contribution in [0.4, 0.5) is 5.69 Å². The van der Waals surface area contributed by atoms with E-state index in [-0.39, 0.29) is 22.7 Å². The number of para-hydroxylation sites is 1.